The van der Waals surface area contributed by atoms with Crippen LogP contribution in [0.25, 0.3) is 0 Å². The molecule has 0 bridgehead atoms. The van der Waals surface area contributed by atoms with E-state index in [1.807, 2.05) is 0 Å². The fourth-order valence-corrected chi connectivity index (χ4v) is 9.08. The number of carboxylic acids is 10. The Hall–Kier alpha value is -10.6. The summed E-state index contributed by atoms with van der Waals surface area (Å²) in [6.07, 6.45) is 0.352. The number of nitrogens with one attached hydrogen (secondary N) is 2. The van der Waals surface area contributed by atoms with Crippen molar-refractivity contribution in [2.75, 3.05) is 158 Å². The van der Waals surface area contributed by atoms with Gasteiger partial charge in [0.1, 0.15) is 65.4 Å². The zero-order chi connectivity index (χ0) is 67.6. The van der Waals surface area contributed by atoms with Gasteiger partial charge in [-0.3, -0.25) is 57.5 Å². The van der Waals surface area contributed by atoms with Crippen molar-refractivity contribution in [1.29, 1.82) is 0 Å². The van der Waals surface area contributed by atoms with Gasteiger partial charge in [0.15, 0.2) is 0 Å². The van der Waals surface area contributed by atoms with Crippen molar-refractivity contribution >= 4 is 117 Å². The normalized spacial score (nSPS) is 10.2. The van der Waals surface area contributed by atoms with Crippen LogP contribution in [0, 0.1) is 0 Å². The molecule has 0 spiro atoms. The molecule has 4 aromatic carbocycles. The van der Waals surface area contributed by atoms with Crippen LogP contribution in [0.4, 0.5) is 45.5 Å². The SMILES string of the molecule is CNC(=O)CN(CC(=O)O)c1ccccc1N(CCCN(CC(=O)O)c1ccccc1N(CC(=O)O)CC(=O)O)CC(=O)O.CNC(=O)CN(CC(=O)O)c1ccccc1N(CCCN(CC(=O)O)c1ccccc1N(CC(=O)O)CC(=O)O)CC(=O)O.[O]=[Tc+4]. The number of aliphatic carboxylic acids is 10. The Morgan fingerprint density at radius 3 is 0.544 bits per heavy atom. The van der Waals surface area contributed by atoms with Crippen molar-refractivity contribution in [3.05, 3.63) is 97.1 Å². The van der Waals surface area contributed by atoms with Crippen LogP contribution < -0.4 is 49.8 Å². The number of para-hydroxylation sites is 8. The first kappa shape index (κ1) is 75.5. The first-order valence-corrected chi connectivity index (χ1v) is 27.5. The molecule has 2 amide bonds. The van der Waals surface area contributed by atoms with E-state index in [4.69, 9.17) is 3.50 Å². The van der Waals surface area contributed by atoms with Gasteiger partial charge in [-0.25, -0.2) is 0 Å². The average molecular weight is 1350 g/mol. The summed E-state index contributed by atoms with van der Waals surface area (Å²) in [6, 6.07) is 25.1. The topological polar surface area (TPSA) is 474 Å². The Labute approximate surface area is 524 Å². The van der Waals surface area contributed by atoms with Gasteiger partial charge in [-0.05, 0) is 61.4 Å². The van der Waals surface area contributed by atoms with Gasteiger partial charge in [0.2, 0.25) is 11.8 Å². The zero-order valence-corrected chi connectivity index (χ0v) is 50.6. The van der Waals surface area contributed by atoms with Gasteiger partial charge in [0.25, 0.3) is 0 Å². The summed E-state index contributed by atoms with van der Waals surface area (Å²) in [5.74, 6) is -13.3. The maximum absolute atomic E-state index is 12.1. The van der Waals surface area contributed by atoms with Crippen LogP contribution >= 0.6 is 0 Å². The summed E-state index contributed by atoms with van der Waals surface area (Å²) in [5, 5.41) is 99.6. The molecule has 33 nitrogen and oxygen atoms in total. The predicted octanol–water partition coefficient (Wildman–Crippen LogP) is 0.222. The fraction of sp³-hybridized carbons (Fsp3) is 0.357. The summed E-state index contributed by atoms with van der Waals surface area (Å²) in [7, 11) is 2.79. The first-order valence-electron chi connectivity index (χ1n) is 26.7. The molecule has 0 heterocycles. The van der Waals surface area contributed by atoms with E-state index in [1.165, 1.54) is 67.8 Å². The van der Waals surface area contributed by atoms with E-state index in [2.05, 4.69) is 10.6 Å². The quantitative estimate of drug-likeness (QED) is 0.0283. The third-order valence-electron chi connectivity index (χ3n) is 12.5. The van der Waals surface area contributed by atoms with Gasteiger partial charge in [-0.1, -0.05) is 48.5 Å². The van der Waals surface area contributed by atoms with Crippen molar-refractivity contribution in [2.24, 2.45) is 0 Å². The van der Waals surface area contributed by atoms with Crippen LogP contribution in [0.3, 0.4) is 0 Å². The van der Waals surface area contributed by atoms with E-state index in [9.17, 15) is 109 Å². The van der Waals surface area contributed by atoms with Gasteiger partial charge >= 0.3 is 82.1 Å². The molecule has 34 heteroatoms. The summed E-state index contributed by atoms with van der Waals surface area (Å²) in [4.78, 5) is 151. The standard InChI is InChI=1S/2C28H35N5O11.O.Tc/c2*1-29-23(34)13-32(16-26(39)40)21-9-4-2-7-19(21)30(14-24(35)36)11-6-12-31(15-25(37)38)20-8-3-5-10-22(20)33(17-27(41)42)18-28(43)44;;/h2*2-5,7-10H,6,11-18H2,1H3,(H,29,34)(H,35,36)(H,37,38)(H,39,40)(H,41,42)(H,43,44);;/q;;;+4. The number of hydrogen-bond donors (Lipinski definition) is 12. The van der Waals surface area contributed by atoms with Crippen LogP contribution in [0.2, 0.25) is 0 Å². The Kier molecular flexibility index (Phi) is 32.9. The van der Waals surface area contributed by atoms with Crippen molar-refractivity contribution in [3.8, 4) is 0 Å². The number of rotatable bonds is 40. The molecule has 90 heavy (non-hydrogen) atoms. The van der Waals surface area contributed by atoms with Crippen LogP contribution in [-0.4, -0.2) is 241 Å². The van der Waals surface area contributed by atoms with Crippen LogP contribution in [0.5, 0.6) is 0 Å². The predicted molar refractivity (Wildman–Crippen MR) is 318 cm³/mol. The third-order valence-corrected chi connectivity index (χ3v) is 12.5. The summed E-state index contributed by atoms with van der Waals surface area (Å²) in [5.41, 5.74) is 2.16. The molecule has 0 atom stereocenters. The molecule has 0 unspecified atom stereocenters. The van der Waals surface area contributed by atoms with E-state index in [-0.39, 0.29) is 74.9 Å². The summed E-state index contributed by atoms with van der Waals surface area (Å²) >= 11 is 0.900. The molecule has 0 fully saturated rings. The second-order valence-corrected chi connectivity index (χ2v) is 19.1. The fourth-order valence-electron chi connectivity index (χ4n) is 9.08. The Morgan fingerprint density at radius 2 is 0.400 bits per heavy atom. The average Bonchev–Trinajstić information content (AvgIpc) is 3.57. The monoisotopic (exact) mass is 1350 g/mol. The Balaban J connectivity index is 0.000000597. The second kappa shape index (κ2) is 39.2. The van der Waals surface area contributed by atoms with Crippen LogP contribution in [0.1, 0.15) is 12.8 Å². The minimum absolute atomic E-state index is 0.0344. The van der Waals surface area contributed by atoms with Gasteiger partial charge in [-0.2, -0.15) is 0 Å². The van der Waals surface area contributed by atoms with E-state index in [1.54, 1.807) is 72.8 Å². The molecular formula is C56H70N10O23Tc+4. The first-order chi connectivity index (χ1) is 42.6. The molecule has 4 aromatic rings. The molecule has 0 saturated heterocycles. The molecule has 0 aliphatic carbocycles. The maximum atomic E-state index is 12.1. The minimum atomic E-state index is -1.29. The zero-order valence-electron chi connectivity index (χ0n) is 48.7. The van der Waals surface area contributed by atoms with E-state index >= 15 is 0 Å². The van der Waals surface area contributed by atoms with Crippen LogP contribution in [-0.2, 0) is 79.9 Å². The Bertz CT molecular complexity index is 2900. The number of nitrogens with zero attached hydrogens (tertiary/aromatic N) is 8. The van der Waals surface area contributed by atoms with Gasteiger partial charge in [0.05, 0.1) is 58.6 Å². The third kappa shape index (κ3) is 27.0. The van der Waals surface area contributed by atoms with Crippen LogP contribution in [0.15, 0.2) is 97.1 Å². The van der Waals surface area contributed by atoms with E-state index < -0.39 is 137 Å². The molecule has 485 valence electrons. The van der Waals surface area contributed by atoms with E-state index in [0.29, 0.717) is 22.7 Å². The molecule has 0 radical (unpaired) electrons. The molecular weight excluding hydrogens is 1280 g/mol. The summed E-state index contributed by atoms with van der Waals surface area (Å²) in [6.45, 7) is -6.23. The van der Waals surface area contributed by atoms with Crippen molar-refractivity contribution < 1.29 is 131 Å². The molecule has 0 aromatic heterocycles. The van der Waals surface area contributed by atoms with Crippen molar-refractivity contribution in [2.45, 2.75) is 12.8 Å². The van der Waals surface area contributed by atoms with Gasteiger partial charge in [0, 0.05) is 40.3 Å². The van der Waals surface area contributed by atoms with Crippen molar-refractivity contribution in [3.63, 3.8) is 0 Å². The number of amides is 2. The number of likely N-dealkylation sites (N-methyl/N-ethyl adjacent to an activating group) is 2. The molecule has 4 rings (SSSR count). The number of anilines is 8. The number of benzene rings is 4. The number of carbonyl (C=O) groups is 12. The summed E-state index contributed by atoms with van der Waals surface area (Å²) < 4.78 is 8.22. The molecule has 0 saturated carbocycles. The number of hydrogen-bond acceptors (Lipinski definition) is 21. The van der Waals surface area contributed by atoms with Gasteiger partial charge < -0.3 is 101 Å². The molecule has 12 N–H and O–H groups in total. The molecule has 0 aliphatic heterocycles. The Morgan fingerprint density at radius 1 is 0.267 bits per heavy atom. The van der Waals surface area contributed by atoms with Gasteiger partial charge in [-0.15, -0.1) is 0 Å². The number of carboxylic acid groups (broad SMARTS) is 10. The second-order valence-electron chi connectivity index (χ2n) is 19.1. The van der Waals surface area contributed by atoms with E-state index in [0.717, 1.165) is 28.7 Å². The molecule has 0 aliphatic rings. The number of carbonyl (C=O) groups excluding carboxylic acids is 2. The van der Waals surface area contributed by atoms with Crippen molar-refractivity contribution in [1.82, 2.24) is 10.6 Å².